The molecule has 1 amide bonds. The molecule has 0 radical (unpaired) electrons. The average molecular weight is 475 g/mol. The first-order chi connectivity index (χ1) is 15.9. The van der Waals surface area contributed by atoms with Gasteiger partial charge in [-0.2, -0.15) is 0 Å². The van der Waals surface area contributed by atoms with Crippen LogP contribution in [0, 0.1) is 20.8 Å². The molecule has 7 heteroatoms. The SMILES string of the molecule is CSc1ccc([C@H](Nc2nc(C)cc(C)n2)c2cc(C)sc2NC(=O)c2ccccc2)cc1. The topological polar surface area (TPSA) is 66.9 Å². The van der Waals surface area contributed by atoms with Crippen molar-refractivity contribution in [1.82, 2.24) is 9.97 Å². The van der Waals surface area contributed by atoms with Crippen LogP contribution in [0.3, 0.4) is 0 Å². The zero-order chi connectivity index (χ0) is 23.4. The first-order valence-electron chi connectivity index (χ1n) is 10.6. The minimum atomic E-state index is -0.224. The summed E-state index contributed by atoms with van der Waals surface area (Å²) in [7, 11) is 0. The lowest BCUT2D eigenvalue weighted by Gasteiger charge is -2.21. The van der Waals surface area contributed by atoms with Crippen molar-refractivity contribution in [2.75, 3.05) is 16.9 Å². The molecule has 0 aliphatic rings. The Balaban J connectivity index is 1.74. The van der Waals surface area contributed by atoms with Crippen LogP contribution in [-0.4, -0.2) is 22.1 Å². The van der Waals surface area contributed by atoms with Crippen molar-refractivity contribution in [2.45, 2.75) is 31.7 Å². The van der Waals surface area contributed by atoms with Gasteiger partial charge in [0.1, 0.15) is 5.00 Å². The summed E-state index contributed by atoms with van der Waals surface area (Å²) >= 11 is 3.27. The predicted octanol–water partition coefficient (Wildman–Crippen LogP) is 6.64. The fraction of sp³-hybridized carbons (Fsp3) is 0.192. The van der Waals surface area contributed by atoms with Crippen LogP contribution in [0.2, 0.25) is 0 Å². The molecular formula is C26H26N4OS2. The molecule has 168 valence electrons. The number of thiophene rings is 1. The van der Waals surface area contributed by atoms with Gasteiger partial charge in [-0.25, -0.2) is 9.97 Å². The number of carbonyl (C=O) groups excluding carboxylic acids is 1. The maximum Gasteiger partial charge on any atom is 0.256 e. The monoisotopic (exact) mass is 474 g/mol. The van der Waals surface area contributed by atoms with E-state index in [0.29, 0.717) is 11.5 Å². The van der Waals surface area contributed by atoms with Crippen molar-refractivity contribution in [1.29, 1.82) is 0 Å². The number of benzene rings is 2. The van der Waals surface area contributed by atoms with Crippen LogP contribution in [0.5, 0.6) is 0 Å². The molecule has 1 atom stereocenters. The summed E-state index contributed by atoms with van der Waals surface area (Å²) < 4.78 is 0. The van der Waals surface area contributed by atoms with Crippen LogP contribution in [0.25, 0.3) is 0 Å². The second-order valence-corrected chi connectivity index (χ2v) is 9.92. The zero-order valence-electron chi connectivity index (χ0n) is 19.0. The van der Waals surface area contributed by atoms with E-state index in [1.54, 1.807) is 23.1 Å². The van der Waals surface area contributed by atoms with Crippen molar-refractivity contribution in [3.8, 4) is 0 Å². The molecule has 2 aromatic carbocycles. The Morgan fingerprint density at radius 2 is 1.61 bits per heavy atom. The van der Waals surface area contributed by atoms with Gasteiger partial charge in [0.15, 0.2) is 0 Å². The predicted molar refractivity (Wildman–Crippen MR) is 139 cm³/mol. The minimum Gasteiger partial charge on any atom is -0.343 e. The molecule has 5 nitrogen and oxygen atoms in total. The highest BCUT2D eigenvalue weighted by atomic mass is 32.2. The molecule has 0 aliphatic heterocycles. The van der Waals surface area contributed by atoms with Gasteiger partial charge < -0.3 is 10.6 Å². The number of carbonyl (C=O) groups is 1. The molecule has 4 aromatic rings. The van der Waals surface area contributed by atoms with Gasteiger partial charge in [0, 0.05) is 32.3 Å². The van der Waals surface area contributed by atoms with E-state index >= 15 is 0 Å². The molecule has 2 aromatic heterocycles. The third-order valence-corrected chi connectivity index (χ3v) is 6.89. The van der Waals surface area contributed by atoms with Crippen molar-refractivity contribution in [3.05, 3.63) is 99.7 Å². The molecular weight excluding hydrogens is 448 g/mol. The number of nitrogens with one attached hydrogen (secondary N) is 2. The van der Waals surface area contributed by atoms with E-state index in [9.17, 15) is 4.79 Å². The molecule has 4 rings (SSSR count). The van der Waals surface area contributed by atoms with Crippen LogP contribution in [0.15, 0.2) is 71.6 Å². The smallest absolute Gasteiger partial charge is 0.256 e. The number of hydrogen-bond donors (Lipinski definition) is 2. The lowest BCUT2D eigenvalue weighted by molar-refractivity contribution is 0.102. The minimum absolute atomic E-state index is 0.127. The average Bonchev–Trinajstić information content (AvgIpc) is 3.17. The van der Waals surface area contributed by atoms with Crippen LogP contribution < -0.4 is 10.6 Å². The summed E-state index contributed by atoms with van der Waals surface area (Å²) in [5, 5.41) is 7.46. The highest BCUT2D eigenvalue weighted by Crippen LogP contribution is 2.38. The van der Waals surface area contributed by atoms with E-state index in [4.69, 9.17) is 0 Å². The molecule has 0 spiro atoms. The molecule has 0 aliphatic carbocycles. The second-order valence-electron chi connectivity index (χ2n) is 7.79. The Labute approximate surface area is 202 Å². The second kappa shape index (κ2) is 10.2. The van der Waals surface area contributed by atoms with E-state index in [1.165, 1.54) is 4.90 Å². The number of aromatic nitrogens is 2. The van der Waals surface area contributed by atoms with E-state index in [-0.39, 0.29) is 11.9 Å². The van der Waals surface area contributed by atoms with Gasteiger partial charge in [0.05, 0.1) is 6.04 Å². The zero-order valence-corrected chi connectivity index (χ0v) is 20.7. The van der Waals surface area contributed by atoms with E-state index in [1.807, 2.05) is 57.2 Å². The Morgan fingerprint density at radius 1 is 0.939 bits per heavy atom. The summed E-state index contributed by atoms with van der Waals surface area (Å²) in [6.45, 7) is 5.97. The third kappa shape index (κ3) is 5.61. The summed E-state index contributed by atoms with van der Waals surface area (Å²) in [5.74, 6) is 0.438. The van der Waals surface area contributed by atoms with Gasteiger partial charge in [-0.1, -0.05) is 30.3 Å². The standard InChI is InChI=1S/C26H26N4OS2/c1-16-14-17(2)28-26(27-16)29-23(19-10-12-21(32-4)13-11-19)22-15-18(3)33-25(22)30-24(31)20-8-6-5-7-9-20/h5-15,23H,1-4H3,(H,30,31)(H,27,28,29)/t23-/m0/s1. The molecule has 2 heterocycles. The lowest BCUT2D eigenvalue weighted by atomic mass is 10.00. The number of rotatable bonds is 7. The van der Waals surface area contributed by atoms with Crippen LogP contribution in [-0.2, 0) is 0 Å². The van der Waals surface area contributed by atoms with Gasteiger partial charge >= 0.3 is 0 Å². The molecule has 0 saturated heterocycles. The van der Waals surface area contributed by atoms with Gasteiger partial charge in [0.2, 0.25) is 5.95 Å². The Morgan fingerprint density at radius 3 is 2.24 bits per heavy atom. The third-order valence-electron chi connectivity index (χ3n) is 5.16. The normalized spacial score (nSPS) is 11.8. The van der Waals surface area contributed by atoms with E-state index < -0.39 is 0 Å². The summed E-state index contributed by atoms with van der Waals surface area (Å²) in [6, 6.07) is 21.6. The Bertz CT molecular complexity index is 1230. The van der Waals surface area contributed by atoms with E-state index in [0.717, 1.165) is 32.4 Å². The number of hydrogen-bond acceptors (Lipinski definition) is 6. The Hall–Kier alpha value is -3.16. The molecule has 0 fully saturated rings. The first-order valence-corrected chi connectivity index (χ1v) is 12.7. The van der Waals surface area contributed by atoms with Crippen LogP contribution in [0.1, 0.15) is 43.8 Å². The fourth-order valence-electron chi connectivity index (χ4n) is 3.67. The van der Waals surface area contributed by atoms with Crippen molar-refractivity contribution < 1.29 is 4.79 Å². The highest BCUT2D eigenvalue weighted by molar-refractivity contribution is 7.98. The molecule has 0 bridgehead atoms. The number of thioether (sulfide) groups is 1. The van der Waals surface area contributed by atoms with Gasteiger partial charge in [-0.05, 0) is 69.0 Å². The number of aryl methyl sites for hydroxylation is 3. The summed E-state index contributed by atoms with van der Waals surface area (Å²) in [6.07, 6.45) is 2.06. The van der Waals surface area contributed by atoms with Crippen LogP contribution in [0.4, 0.5) is 10.9 Å². The fourth-order valence-corrected chi connectivity index (χ4v) is 5.02. The van der Waals surface area contributed by atoms with E-state index in [2.05, 4.69) is 57.2 Å². The summed E-state index contributed by atoms with van der Waals surface area (Å²) in [4.78, 5) is 24.4. The van der Waals surface area contributed by atoms with Gasteiger partial charge in [-0.3, -0.25) is 4.79 Å². The number of nitrogens with zero attached hydrogens (tertiary/aromatic N) is 2. The maximum atomic E-state index is 12.9. The maximum absolute atomic E-state index is 12.9. The Kier molecular flexibility index (Phi) is 7.11. The molecule has 2 N–H and O–H groups in total. The molecule has 0 unspecified atom stereocenters. The van der Waals surface area contributed by atoms with Crippen molar-refractivity contribution in [2.24, 2.45) is 0 Å². The van der Waals surface area contributed by atoms with Crippen molar-refractivity contribution in [3.63, 3.8) is 0 Å². The summed E-state index contributed by atoms with van der Waals surface area (Å²) in [5.41, 5.74) is 4.49. The number of amides is 1. The first kappa shape index (κ1) is 23.0. The van der Waals surface area contributed by atoms with Gasteiger partial charge in [0.25, 0.3) is 5.91 Å². The largest absolute Gasteiger partial charge is 0.343 e. The molecule has 33 heavy (non-hydrogen) atoms. The highest BCUT2D eigenvalue weighted by Gasteiger charge is 2.23. The quantitative estimate of drug-likeness (QED) is 0.294. The molecule has 0 saturated carbocycles. The van der Waals surface area contributed by atoms with Crippen molar-refractivity contribution >= 4 is 40.0 Å². The lowest BCUT2D eigenvalue weighted by Crippen LogP contribution is -2.18. The van der Waals surface area contributed by atoms with Crippen LogP contribution >= 0.6 is 23.1 Å². The van der Waals surface area contributed by atoms with Gasteiger partial charge in [-0.15, -0.1) is 23.1 Å². The number of anilines is 2.